The zero-order chi connectivity index (χ0) is 6.81. The predicted octanol–water partition coefficient (Wildman–Crippen LogP) is 1.85. The molecule has 0 radical (unpaired) electrons. The minimum atomic E-state index is 1.22. The highest BCUT2D eigenvalue weighted by Gasteiger charge is 2.15. The Bertz CT molecular complexity index is 144. The Hall–Kier alpha value is -0.300. The summed E-state index contributed by atoms with van der Waals surface area (Å²) in [5.74, 6) is 0. The highest BCUT2D eigenvalue weighted by molar-refractivity contribution is 5.20. The minimum Gasteiger partial charge on any atom is -0.316 e. The maximum Gasteiger partial charge on any atom is -0.00114 e. The monoisotopic (exact) mass is 137 g/mol. The van der Waals surface area contributed by atoms with Crippen LogP contribution in [0.5, 0.6) is 0 Å². The second-order valence-electron chi connectivity index (χ2n) is 3.31. The molecule has 1 heteroatoms. The molecule has 1 nitrogen and oxygen atoms in total. The highest BCUT2D eigenvalue weighted by Crippen LogP contribution is 2.31. The number of allylic oxidation sites excluding steroid dienone is 1. The van der Waals surface area contributed by atoms with Crippen LogP contribution >= 0.6 is 0 Å². The van der Waals surface area contributed by atoms with Gasteiger partial charge in [0.2, 0.25) is 0 Å². The molecule has 1 saturated carbocycles. The average Bonchev–Trinajstić information content (AvgIpc) is 1.86. The molecule has 0 unspecified atom stereocenters. The summed E-state index contributed by atoms with van der Waals surface area (Å²) in [6, 6.07) is 0. The Kier molecular flexibility index (Phi) is 1.76. The number of hydrogen-bond donors (Lipinski definition) is 1. The van der Waals surface area contributed by atoms with Crippen LogP contribution in [0.3, 0.4) is 0 Å². The average molecular weight is 137 g/mol. The van der Waals surface area contributed by atoms with Crippen LogP contribution in [0, 0.1) is 0 Å². The molecular weight excluding hydrogens is 122 g/mol. The van der Waals surface area contributed by atoms with Gasteiger partial charge < -0.3 is 5.32 Å². The van der Waals surface area contributed by atoms with Crippen LogP contribution in [0.25, 0.3) is 0 Å². The Morgan fingerprint density at radius 1 is 0.800 bits per heavy atom. The van der Waals surface area contributed by atoms with Gasteiger partial charge in [0.15, 0.2) is 0 Å². The van der Waals surface area contributed by atoms with Gasteiger partial charge in [0.1, 0.15) is 0 Å². The van der Waals surface area contributed by atoms with E-state index in [1.807, 2.05) is 0 Å². The van der Waals surface area contributed by atoms with Crippen molar-refractivity contribution in [1.82, 2.24) is 5.32 Å². The van der Waals surface area contributed by atoms with Crippen molar-refractivity contribution in [3.63, 3.8) is 0 Å². The predicted molar refractivity (Wildman–Crippen MR) is 43.0 cm³/mol. The molecule has 1 aliphatic carbocycles. The van der Waals surface area contributed by atoms with E-state index in [0.717, 1.165) is 0 Å². The molecule has 1 saturated heterocycles. The van der Waals surface area contributed by atoms with Crippen molar-refractivity contribution in [3.05, 3.63) is 11.1 Å². The molecule has 0 spiro atoms. The van der Waals surface area contributed by atoms with E-state index in [9.17, 15) is 0 Å². The van der Waals surface area contributed by atoms with Crippen molar-refractivity contribution in [2.24, 2.45) is 0 Å². The third kappa shape index (κ3) is 1.10. The van der Waals surface area contributed by atoms with Gasteiger partial charge in [-0.05, 0) is 45.2 Å². The molecule has 0 aromatic heterocycles. The molecule has 1 aliphatic heterocycles. The molecular formula is C9H15N. The fourth-order valence-corrected chi connectivity index (χ4v) is 1.79. The van der Waals surface area contributed by atoms with Gasteiger partial charge in [0.05, 0.1) is 0 Å². The highest BCUT2D eigenvalue weighted by atomic mass is 14.9. The fourth-order valence-electron chi connectivity index (χ4n) is 1.79. The van der Waals surface area contributed by atoms with Crippen molar-refractivity contribution < 1.29 is 0 Å². The second-order valence-corrected chi connectivity index (χ2v) is 3.31. The van der Waals surface area contributed by atoms with Crippen LogP contribution < -0.4 is 5.32 Å². The van der Waals surface area contributed by atoms with E-state index in [4.69, 9.17) is 0 Å². The van der Waals surface area contributed by atoms with Gasteiger partial charge in [-0.2, -0.15) is 0 Å². The second kappa shape index (κ2) is 2.75. The molecule has 56 valence electrons. The summed E-state index contributed by atoms with van der Waals surface area (Å²) >= 11 is 0. The molecule has 0 aromatic carbocycles. The summed E-state index contributed by atoms with van der Waals surface area (Å²) < 4.78 is 0. The molecule has 2 aliphatic rings. The molecule has 0 aromatic rings. The zero-order valence-electron chi connectivity index (χ0n) is 6.45. The summed E-state index contributed by atoms with van der Waals surface area (Å²) in [6.07, 6.45) is 6.93. The maximum atomic E-state index is 3.38. The van der Waals surface area contributed by atoms with Crippen molar-refractivity contribution in [2.75, 3.05) is 13.1 Å². The molecule has 10 heavy (non-hydrogen) atoms. The molecule has 1 heterocycles. The topological polar surface area (TPSA) is 12.0 Å². The first-order chi connectivity index (χ1) is 4.97. The van der Waals surface area contributed by atoms with Crippen molar-refractivity contribution >= 4 is 0 Å². The van der Waals surface area contributed by atoms with Crippen molar-refractivity contribution in [1.29, 1.82) is 0 Å². The van der Waals surface area contributed by atoms with Gasteiger partial charge in [-0.3, -0.25) is 0 Å². The Balaban J connectivity index is 2.00. The maximum absolute atomic E-state index is 3.38. The van der Waals surface area contributed by atoms with Crippen LogP contribution in [-0.4, -0.2) is 13.1 Å². The van der Waals surface area contributed by atoms with Crippen LogP contribution in [-0.2, 0) is 0 Å². The summed E-state index contributed by atoms with van der Waals surface area (Å²) in [4.78, 5) is 0. The first-order valence-corrected chi connectivity index (χ1v) is 4.37. The Morgan fingerprint density at radius 3 is 1.90 bits per heavy atom. The summed E-state index contributed by atoms with van der Waals surface area (Å²) in [5, 5.41) is 3.38. The summed E-state index contributed by atoms with van der Waals surface area (Å²) in [7, 11) is 0. The molecule has 2 rings (SSSR count). The van der Waals surface area contributed by atoms with Gasteiger partial charge in [-0.15, -0.1) is 0 Å². The van der Waals surface area contributed by atoms with Crippen LogP contribution in [0.15, 0.2) is 11.1 Å². The number of nitrogens with one attached hydrogen (secondary N) is 1. The zero-order valence-corrected chi connectivity index (χ0v) is 6.45. The normalized spacial score (nSPS) is 26.4. The third-order valence-electron chi connectivity index (χ3n) is 2.66. The van der Waals surface area contributed by atoms with Crippen molar-refractivity contribution in [2.45, 2.75) is 32.1 Å². The van der Waals surface area contributed by atoms with E-state index in [2.05, 4.69) is 5.32 Å². The first kappa shape index (κ1) is 6.41. The molecule has 0 atom stereocenters. The lowest BCUT2D eigenvalue weighted by atomic mass is 9.85. The first-order valence-electron chi connectivity index (χ1n) is 4.37. The Labute approximate surface area is 62.5 Å². The third-order valence-corrected chi connectivity index (χ3v) is 2.66. The van der Waals surface area contributed by atoms with Crippen molar-refractivity contribution in [3.8, 4) is 0 Å². The van der Waals surface area contributed by atoms with E-state index < -0.39 is 0 Å². The lowest BCUT2D eigenvalue weighted by molar-refractivity contribution is 0.566. The van der Waals surface area contributed by atoms with Gasteiger partial charge in [0, 0.05) is 0 Å². The summed E-state index contributed by atoms with van der Waals surface area (Å²) in [5.41, 5.74) is 3.58. The van der Waals surface area contributed by atoms with E-state index in [1.165, 1.54) is 45.2 Å². The lowest BCUT2D eigenvalue weighted by Gasteiger charge is -2.25. The SMILES string of the molecule is C1CC(=C2CCNCC2)C1. The lowest BCUT2D eigenvalue weighted by Crippen LogP contribution is -2.24. The number of hydrogen-bond acceptors (Lipinski definition) is 1. The quantitative estimate of drug-likeness (QED) is 0.502. The summed E-state index contributed by atoms with van der Waals surface area (Å²) in [6.45, 7) is 2.44. The van der Waals surface area contributed by atoms with E-state index in [1.54, 1.807) is 11.1 Å². The number of piperidine rings is 1. The van der Waals surface area contributed by atoms with Crippen LogP contribution in [0.2, 0.25) is 0 Å². The molecule has 1 N–H and O–H groups in total. The van der Waals surface area contributed by atoms with Crippen LogP contribution in [0.1, 0.15) is 32.1 Å². The molecule has 2 fully saturated rings. The van der Waals surface area contributed by atoms with E-state index in [-0.39, 0.29) is 0 Å². The molecule has 0 bridgehead atoms. The van der Waals surface area contributed by atoms with E-state index in [0.29, 0.717) is 0 Å². The van der Waals surface area contributed by atoms with Gasteiger partial charge >= 0.3 is 0 Å². The standard InChI is InChI=1S/C9H15N/c1-2-8(3-1)9-4-6-10-7-5-9/h10H,1-7H2. The van der Waals surface area contributed by atoms with Gasteiger partial charge in [0.25, 0.3) is 0 Å². The van der Waals surface area contributed by atoms with Crippen LogP contribution in [0.4, 0.5) is 0 Å². The largest absolute Gasteiger partial charge is 0.316 e. The smallest absolute Gasteiger partial charge is 0.00114 e. The van der Waals surface area contributed by atoms with Gasteiger partial charge in [-0.25, -0.2) is 0 Å². The molecule has 0 amide bonds. The Morgan fingerprint density at radius 2 is 1.40 bits per heavy atom. The van der Waals surface area contributed by atoms with Gasteiger partial charge in [-0.1, -0.05) is 11.1 Å². The van der Waals surface area contributed by atoms with E-state index >= 15 is 0 Å². The number of rotatable bonds is 0. The minimum absolute atomic E-state index is 1.22. The fraction of sp³-hybridized carbons (Fsp3) is 0.778.